The number of aliphatic hydroxyl groups is 2. The van der Waals surface area contributed by atoms with E-state index in [4.69, 9.17) is 28.4 Å². The van der Waals surface area contributed by atoms with E-state index in [0.717, 1.165) is 16.7 Å². The van der Waals surface area contributed by atoms with Crippen molar-refractivity contribution in [1.82, 2.24) is 0 Å². The van der Waals surface area contributed by atoms with Crippen LogP contribution in [0, 0.1) is 5.92 Å². The van der Waals surface area contributed by atoms with Gasteiger partial charge in [0.2, 0.25) is 12.5 Å². The Morgan fingerprint density at radius 3 is 2.50 bits per heavy atom. The van der Waals surface area contributed by atoms with E-state index in [-0.39, 0.29) is 25.7 Å². The predicted molar refractivity (Wildman–Crippen MR) is 105 cm³/mol. The van der Waals surface area contributed by atoms with Crippen LogP contribution >= 0.6 is 0 Å². The molecular formula is C22H24O8. The van der Waals surface area contributed by atoms with Crippen LogP contribution < -0.4 is 23.7 Å². The minimum absolute atomic E-state index is 0.170. The monoisotopic (exact) mass is 416 g/mol. The Labute approximate surface area is 173 Å². The summed E-state index contributed by atoms with van der Waals surface area (Å²) in [6.07, 6.45) is -1.09. The van der Waals surface area contributed by atoms with Crippen LogP contribution in [0.5, 0.6) is 28.7 Å². The Balaban J connectivity index is 1.77. The number of rotatable bonds is 4. The van der Waals surface area contributed by atoms with Gasteiger partial charge in [0.25, 0.3) is 0 Å². The summed E-state index contributed by atoms with van der Waals surface area (Å²) in [4.78, 5) is 0. The second-order valence-electron chi connectivity index (χ2n) is 7.77. The molecule has 1 saturated heterocycles. The van der Waals surface area contributed by atoms with E-state index in [1.807, 2.05) is 24.3 Å². The molecule has 30 heavy (non-hydrogen) atoms. The van der Waals surface area contributed by atoms with Crippen molar-refractivity contribution in [2.24, 2.45) is 5.92 Å². The molecule has 4 atom stereocenters. The lowest BCUT2D eigenvalue weighted by molar-refractivity contribution is -0.166. The summed E-state index contributed by atoms with van der Waals surface area (Å²) >= 11 is 0. The molecule has 0 radical (unpaired) electrons. The predicted octanol–water partition coefficient (Wildman–Crippen LogP) is 1.82. The van der Waals surface area contributed by atoms with Gasteiger partial charge in [-0.15, -0.1) is 0 Å². The number of methoxy groups -OCH3 is 3. The molecule has 0 amide bonds. The van der Waals surface area contributed by atoms with Gasteiger partial charge in [0.15, 0.2) is 29.3 Å². The average Bonchev–Trinajstić information content (AvgIpc) is 3.34. The quantitative estimate of drug-likeness (QED) is 0.780. The molecule has 2 aromatic rings. The first-order valence-electron chi connectivity index (χ1n) is 9.75. The molecule has 0 unspecified atom stereocenters. The Kier molecular flexibility index (Phi) is 4.46. The van der Waals surface area contributed by atoms with Crippen molar-refractivity contribution >= 4 is 0 Å². The van der Waals surface area contributed by atoms with Gasteiger partial charge in [-0.1, -0.05) is 6.07 Å². The molecule has 1 fully saturated rings. The van der Waals surface area contributed by atoms with Gasteiger partial charge in [-0.3, -0.25) is 0 Å². The first-order chi connectivity index (χ1) is 14.5. The van der Waals surface area contributed by atoms with Crippen LogP contribution in [0.3, 0.4) is 0 Å². The van der Waals surface area contributed by atoms with Crippen molar-refractivity contribution in [2.45, 2.75) is 24.2 Å². The standard InChI is InChI=1S/C22H24O8/c1-25-16-7-12-8-22(24)13(9-28-21(22)23)17(18(12)20(27-3)19(16)26-2)11-4-5-14-15(6-11)30-10-29-14/h4-7,13,17,21,23-24H,8-10H2,1-3H3/t13-,17-,21+,22-/m1/s1. The Bertz CT molecular complexity index is 990. The summed E-state index contributed by atoms with van der Waals surface area (Å²) in [5, 5.41) is 21.9. The molecule has 0 aromatic heterocycles. The van der Waals surface area contributed by atoms with Gasteiger partial charge in [0.1, 0.15) is 5.60 Å². The van der Waals surface area contributed by atoms with Crippen molar-refractivity contribution in [3.63, 3.8) is 0 Å². The first-order valence-corrected chi connectivity index (χ1v) is 9.75. The summed E-state index contributed by atoms with van der Waals surface area (Å²) in [6, 6.07) is 7.53. The van der Waals surface area contributed by atoms with Crippen LogP contribution in [0.25, 0.3) is 0 Å². The normalized spacial score (nSPS) is 28.6. The number of benzene rings is 2. The fraction of sp³-hybridized carbons (Fsp3) is 0.455. The molecule has 2 N–H and O–H groups in total. The van der Waals surface area contributed by atoms with Crippen LogP contribution in [0.1, 0.15) is 22.6 Å². The highest BCUT2D eigenvalue weighted by Gasteiger charge is 2.57. The van der Waals surface area contributed by atoms with Gasteiger partial charge in [-0.2, -0.15) is 0 Å². The molecular weight excluding hydrogens is 392 g/mol. The molecule has 8 heteroatoms. The summed E-state index contributed by atoms with van der Waals surface area (Å²) < 4.78 is 33.4. The zero-order valence-corrected chi connectivity index (χ0v) is 17.0. The lowest BCUT2D eigenvalue weighted by atomic mass is 9.64. The zero-order chi connectivity index (χ0) is 21.0. The smallest absolute Gasteiger partial charge is 0.231 e. The second kappa shape index (κ2) is 6.94. The van der Waals surface area contributed by atoms with E-state index >= 15 is 0 Å². The number of hydrogen-bond donors (Lipinski definition) is 2. The molecule has 5 rings (SSSR count). The van der Waals surface area contributed by atoms with Gasteiger partial charge in [-0.25, -0.2) is 0 Å². The average molecular weight is 416 g/mol. The summed E-state index contributed by atoms with van der Waals surface area (Å²) in [6.45, 7) is 0.372. The van der Waals surface area contributed by atoms with E-state index in [1.54, 1.807) is 21.3 Å². The third kappa shape index (κ3) is 2.57. The first kappa shape index (κ1) is 19.3. The van der Waals surface area contributed by atoms with Crippen molar-refractivity contribution in [3.05, 3.63) is 41.0 Å². The Morgan fingerprint density at radius 2 is 1.77 bits per heavy atom. The van der Waals surface area contributed by atoms with E-state index in [0.29, 0.717) is 28.7 Å². The van der Waals surface area contributed by atoms with Crippen molar-refractivity contribution in [2.75, 3.05) is 34.7 Å². The molecule has 2 heterocycles. The second-order valence-corrected chi connectivity index (χ2v) is 7.77. The Morgan fingerprint density at radius 1 is 1.00 bits per heavy atom. The van der Waals surface area contributed by atoms with E-state index in [9.17, 15) is 10.2 Å². The largest absolute Gasteiger partial charge is 0.493 e. The maximum Gasteiger partial charge on any atom is 0.231 e. The fourth-order valence-electron chi connectivity index (χ4n) is 5.00. The zero-order valence-electron chi connectivity index (χ0n) is 17.0. The topological polar surface area (TPSA) is 95.8 Å². The molecule has 1 aliphatic carbocycles. The fourth-order valence-corrected chi connectivity index (χ4v) is 5.00. The highest BCUT2D eigenvalue weighted by atomic mass is 16.7. The number of fused-ring (bicyclic) bond motifs is 3. The van der Waals surface area contributed by atoms with Gasteiger partial charge in [-0.05, 0) is 29.3 Å². The Hall–Kier alpha value is -2.68. The maximum atomic E-state index is 11.5. The van der Waals surface area contributed by atoms with Gasteiger partial charge < -0.3 is 38.6 Å². The molecule has 0 spiro atoms. The molecule has 2 aliphatic heterocycles. The van der Waals surface area contributed by atoms with Crippen molar-refractivity contribution in [3.8, 4) is 28.7 Å². The van der Waals surface area contributed by atoms with Gasteiger partial charge in [0.05, 0.1) is 27.9 Å². The number of ether oxygens (including phenoxy) is 6. The molecule has 160 valence electrons. The lowest BCUT2D eigenvalue weighted by Crippen LogP contribution is -2.51. The summed E-state index contributed by atoms with van der Waals surface area (Å²) in [5.41, 5.74) is 1.13. The molecule has 8 nitrogen and oxygen atoms in total. The third-order valence-electron chi connectivity index (χ3n) is 6.40. The van der Waals surface area contributed by atoms with Crippen molar-refractivity contribution < 1.29 is 38.6 Å². The minimum Gasteiger partial charge on any atom is -0.493 e. The number of hydrogen-bond acceptors (Lipinski definition) is 8. The minimum atomic E-state index is -1.45. The lowest BCUT2D eigenvalue weighted by Gasteiger charge is -2.42. The number of aliphatic hydroxyl groups excluding tert-OH is 1. The molecule has 2 aromatic carbocycles. The van der Waals surface area contributed by atoms with Gasteiger partial charge in [0, 0.05) is 23.8 Å². The summed E-state index contributed by atoms with van der Waals surface area (Å²) in [7, 11) is 4.69. The molecule has 0 saturated carbocycles. The van der Waals surface area contributed by atoms with Crippen LogP contribution in [0.15, 0.2) is 24.3 Å². The van der Waals surface area contributed by atoms with Crippen LogP contribution in [0.4, 0.5) is 0 Å². The highest BCUT2D eigenvalue weighted by Crippen LogP contribution is 2.57. The van der Waals surface area contributed by atoms with E-state index in [2.05, 4.69) is 0 Å². The maximum absolute atomic E-state index is 11.5. The van der Waals surface area contributed by atoms with Crippen LogP contribution in [-0.4, -0.2) is 56.8 Å². The van der Waals surface area contributed by atoms with Crippen LogP contribution in [-0.2, 0) is 11.2 Å². The molecule has 0 bridgehead atoms. The van der Waals surface area contributed by atoms with E-state index in [1.165, 1.54) is 0 Å². The van der Waals surface area contributed by atoms with Crippen LogP contribution in [0.2, 0.25) is 0 Å². The molecule has 3 aliphatic rings. The van der Waals surface area contributed by atoms with Gasteiger partial charge >= 0.3 is 0 Å². The third-order valence-corrected chi connectivity index (χ3v) is 6.40. The SMILES string of the molecule is COc1cc2c(c(OC)c1OC)[C@H](c1ccc3c(c1)OCO3)[C@H]1CO[C@H](O)[C@@]1(O)C2. The highest BCUT2D eigenvalue weighted by molar-refractivity contribution is 5.64. The van der Waals surface area contributed by atoms with Crippen molar-refractivity contribution in [1.29, 1.82) is 0 Å². The van der Waals surface area contributed by atoms with E-state index < -0.39 is 17.8 Å². The summed E-state index contributed by atoms with van der Waals surface area (Å²) in [5.74, 6) is 2.10.